The summed E-state index contributed by atoms with van der Waals surface area (Å²) < 4.78 is 12.7. The van der Waals surface area contributed by atoms with Gasteiger partial charge in [0.1, 0.15) is 11.4 Å². The average Bonchev–Trinajstić information content (AvgIpc) is 3.18. The third-order valence-corrected chi connectivity index (χ3v) is 6.09. The minimum Gasteiger partial charge on any atom is -0.482 e. The van der Waals surface area contributed by atoms with Crippen LogP contribution in [-0.2, 0) is 9.53 Å². The Hall–Kier alpha value is -3.21. The zero-order valence-electron chi connectivity index (χ0n) is 19.3. The molecule has 2 atom stereocenters. The standard InChI is InChI=1S/C22H28N6O4S/c1-6-12(2)18(24-21(30)32-22(3,4)5)19-25-26-20-28(19)27-15(11-33-20)13-7-8-16-14(9-13)23-17(29)10-31-16/h7-9,11-12,18,27H,6,10H2,1-5H3,(H,23,29)(H,24,30)/t12-,18-/m0/s1. The van der Waals surface area contributed by atoms with E-state index in [1.165, 1.54) is 11.8 Å². The lowest BCUT2D eigenvalue weighted by Crippen LogP contribution is -2.39. The Morgan fingerprint density at radius 3 is 2.88 bits per heavy atom. The van der Waals surface area contributed by atoms with Crippen LogP contribution in [0.3, 0.4) is 0 Å². The second kappa shape index (κ2) is 8.97. The predicted molar refractivity (Wildman–Crippen MR) is 125 cm³/mol. The van der Waals surface area contributed by atoms with E-state index in [4.69, 9.17) is 9.47 Å². The van der Waals surface area contributed by atoms with Crippen LogP contribution in [0.25, 0.3) is 5.70 Å². The van der Waals surface area contributed by atoms with Crippen LogP contribution in [0.15, 0.2) is 28.8 Å². The molecule has 3 N–H and O–H groups in total. The van der Waals surface area contributed by atoms with Crippen molar-refractivity contribution >= 4 is 35.1 Å². The number of hydrogen-bond acceptors (Lipinski definition) is 8. The summed E-state index contributed by atoms with van der Waals surface area (Å²) in [6.45, 7) is 9.58. The highest BCUT2D eigenvalue weighted by Crippen LogP contribution is 2.35. The van der Waals surface area contributed by atoms with Gasteiger partial charge < -0.3 is 20.1 Å². The Labute approximate surface area is 196 Å². The van der Waals surface area contributed by atoms with Gasteiger partial charge in [-0.1, -0.05) is 32.0 Å². The lowest BCUT2D eigenvalue weighted by atomic mass is 9.98. The molecular weight excluding hydrogens is 444 g/mol. The number of amides is 2. The molecule has 4 rings (SSSR count). The molecule has 0 aliphatic carbocycles. The normalized spacial score (nSPS) is 16.8. The molecule has 3 heterocycles. The van der Waals surface area contributed by atoms with Gasteiger partial charge in [-0.25, -0.2) is 9.47 Å². The number of anilines is 1. The average molecular weight is 473 g/mol. The number of carbonyl (C=O) groups excluding carboxylic acids is 2. The Morgan fingerprint density at radius 1 is 1.36 bits per heavy atom. The Bertz CT molecular complexity index is 1110. The number of alkyl carbamates (subject to hydrolysis) is 1. The van der Waals surface area contributed by atoms with E-state index in [2.05, 4.69) is 33.2 Å². The van der Waals surface area contributed by atoms with Crippen molar-refractivity contribution in [1.82, 2.24) is 20.2 Å². The summed E-state index contributed by atoms with van der Waals surface area (Å²) >= 11 is 1.42. The van der Waals surface area contributed by atoms with Gasteiger partial charge >= 0.3 is 6.09 Å². The van der Waals surface area contributed by atoms with Crippen molar-refractivity contribution in [2.75, 3.05) is 17.3 Å². The molecule has 2 amide bonds. The zero-order valence-corrected chi connectivity index (χ0v) is 20.1. The van der Waals surface area contributed by atoms with E-state index in [9.17, 15) is 9.59 Å². The summed E-state index contributed by atoms with van der Waals surface area (Å²) in [4.78, 5) is 24.2. The molecule has 2 aliphatic heterocycles. The Balaban J connectivity index is 1.59. The van der Waals surface area contributed by atoms with Gasteiger partial charge in [0.15, 0.2) is 12.4 Å². The van der Waals surface area contributed by atoms with Crippen LogP contribution in [0.4, 0.5) is 10.5 Å². The molecule has 0 bridgehead atoms. The Kier molecular flexibility index (Phi) is 6.24. The monoisotopic (exact) mass is 472 g/mol. The fraction of sp³-hybridized carbons (Fsp3) is 0.455. The second-order valence-electron chi connectivity index (χ2n) is 8.99. The SMILES string of the molecule is CC[C@H](C)[C@H](NC(=O)OC(C)(C)C)c1nnc2n1NC(c1ccc3c(c1)NC(=O)CO3)=CS2. The molecule has 10 nitrogen and oxygen atoms in total. The highest BCUT2D eigenvalue weighted by molar-refractivity contribution is 8.02. The van der Waals surface area contributed by atoms with Crippen molar-refractivity contribution in [2.24, 2.45) is 5.92 Å². The number of ether oxygens (including phenoxy) is 2. The minimum absolute atomic E-state index is 0.0121. The minimum atomic E-state index is -0.607. The van der Waals surface area contributed by atoms with Crippen molar-refractivity contribution in [3.63, 3.8) is 0 Å². The summed E-state index contributed by atoms with van der Waals surface area (Å²) in [5.41, 5.74) is 5.02. The first kappa shape index (κ1) is 23.0. The molecule has 0 saturated carbocycles. The van der Waals surface area contributed by atoms with E-state index in [0.29, 0.717) is 22.4 Å². The maximum absolute atomic E-state index is 12.5. The molecule has 0 saturated heterocycles. The lowest BCUT2D eigenvalue weighted by molar-refractivity contribution is -0.118. The van der Waals surface area contributed by atoms with E-state index in [0.717, 1.165) is 17.7 Å². The van der Waals surface area contributed by atoms with Gasteiger partial charge in [0, 0.05) is 11.0 Å². The molecule has 0 fully saturated rings. The third-order valence-electron chi connectivity index (χ3n) is 5.26. The number of aromatic nitrogens is 3. The molecule has 2 aromatic rings. The van der Waals surface area contributed by atoms with E-state index in [-0.39, 0.29) is 18.4 Å². The zero-order chi connectivity index (χ0) is 23.8. The molecule has 33 heavy (non-hydrogen) atoms. The molecule has 2 aliphatic rings. The van der Waals surface area contributed by atoms with E-state index in [1.807, 2.05) is 51.3 Å². The number of hydrogen-bond donors (Lipinski definition) is 3. The summed E-state index contributed by atoms with van der Waals surface area (Å²) in [6.07, 6.45) is 0.318. The van der Waals surface area contributed by atoms with Gasteiger partial charge in [-0.15, -0.1) is 10.2 Å². The largest absolute Gasteiger partial charge is 0.482 e. The highest BCUT2D eigenvalue weighted by Gasteiger charge is 2.31. The molecule has 176 valence electrons. The van der Waals surface area contributed by atoms with Gasteiger partial charge in [-0.3, -0.25) is 10.2 Å². The maximum Gasteiger partial charge on any atom is 0.408 e. The summed E-state index contributed by atoms with van der Waals surface area (Å²) in [5, 5.41) is 17.0. The molecule has 0 unspecified atom stereocenters. The van der Waals surface area contributed by atoms with Crippen LogP contribution < -0.4 is 20.8 Å². The third kappa shape index (κ3) is 5.08. The van der Waals surface area contributed by atoms with Gasteiger partial charge in [-0.05, 0) is 44.9 Å². The Morgan fingerprint density at radius 2 is 2.15 bits per heavy atom. The molecule has 0 radical (unpaired) electrons. The fourth-order valence-corrected chi connectivity index (χ4v) is 4.18. The molecular formula is C22H28N6O4S. The highest BCUT2D eigenvalue weighted by atomic mass is 32.2. The van der Waals surface area contributed by atoms with Crippen LogP contribution in [0, 0.1) is 5.92 Å². The summed E-state index contributed by atoms with van der Waals surface area (Å²) in [7, 11) is 0. The number of carbonyl (C=O) groups is 2. The van der Waals surface area contributed by atoms with Crippen LogP contribution >= 0.6 is 11.8 Å². The van der Waals surface area contributed by atoms with Crippen molar-refractivity contribution < 1.29 is 19.1 Å². The topological polar surface area (TPSA) is 119 Å². The van der Waals surface area contributed by atoms with Crippen LogP contribution in [0.1, 0.15) is 58.5 Å². The fourth-order valence-electron chi connectivity index (χ4n) is 3.44. The van der Waals surface area contributed by atoms with Crippen molar-refractivity contribution in [3.05, 3.63) is 35.0 Å². The molecule has 1 aromatic carbocycles. The molecule has 0 spiro atoms. The van der Waals surface area contributed by atoms with Gasteiger partial charge in [0.05, 0.1) is 17.4 Å². The van der Waals surface area contributed by atoms with Crippen molar-refractivity contribution in [2.45, 2.75) is 57.8 Å². The smallest absolute Gasteiger partial charge is 0.408 e. The predicted octanol–water partition coefficient (Wildman–Crippen LogP) is 3.87. The number of nitrogens with one attached hydrogen (secondary N) is 3. The van der Waals surface area contributed by atoms with Gasteiger partial charge in [0.2, 0.25) is 5.16 Å². The van der Waals surface area contributed by atoms with Crippen LogP contribution in [-0.4, -0.2) is 39.1 Å². The number of benzene rings is 1. The first-order chi connectivity index (χ1) is 15.6. The second-order valence-corrected chi connectivity index (χ2v) is 9.83. The first-order valence-electron chi connectivity index (χ1n) is 10.8. The quantitative estimate of drug-likeness (QED) is 0.600. The number of rotatable bonds is 5. The number of nitrogens with zero attached hydrogens (tertiary/aromatic N) is 3. The summed E-state index contributed by atoms with van der Waals surface area (Å²) in [5.74, 6) is 1.11. The number of thioether (sulfide) groups is 1. The lowest BCUT2D eigenvalue weighted by Gasteiger charge is -2.28. The molecule has 11 heteroatoms. The number of fused-ring (bicyclic) bond motifs is 2. The van der Waals surface area contributed by atoms with E-state index in [1.54, 1.807) is 4.68 Å². The molecule has 1 aromatic heterocycles. The van der Waals surface area contributed by atoms with Crippen LogP contribution in [0.2, 0.25) is 0 Å². The van der Waals surface area contributed by atoms with Gasteiger partial charge in [-0.2, -0.15) is 0 Å². The van der Waals surface area contributed by atoms with Gasteiger partial charge in [0.25, 0.3) is 5.91 Å². The van der Waals surface area contributed by atoms with E-state index >= 15 is 0 Å². The maximum atomic E-state index is 12.5. The first-order valence-corrected chi connectivity index (χ1v) is 11.7. The summed E-state index contributed by atoms with van der Waals surface area (Å²) in [6, 6.07) is 5.18. The van der Waals surface area contributed by atoms with Crippen LogP contribution in [0.5, 0.6) is 5.75 Å². The van der Waals surface area contributed by atoms with Crippen molar-refractivity contribution in [1.29, 1.82) is 0 Å². The van der Waals surface area contributed by atoms with E-state index < -0.39 is 17.7 Å². The van der Waals surface area contributed by atoms with Crippen molar-refractivity contribution in [3.8, 4) is 5.75 Å².